The van der Waals surface area contributed by atoms with E-state index in [1.165, 1.54) is 0 Å². The summed E-state index contributed by atoms with van der Waals surface area (Å²) in [5, 5.41) is 9.69. The summed E-state index contributed by atoms with van der Waals surface area (Å²) in [5.41, 5.74) is -3.71. The molecule has 7 heteroatoms. The summed E-state index contributed by atoms with van der Waals surface area (Å²) < 4.78 is 43.6. The van der Waals surface area contributed by atoms with Gasteiger partial charge in [0.15, 0.2) is 5.60 Å². The molecule has 0 radical (unpaired) electrons. The predicted molar refractivity (Wildman–Crippen MR) is 62.6 cm³/mol. The zero-order valence-electron chi connectivity index (χ0n) is 11.5. The van der Waals surface area contributed by atoms with Gasteiger partial charge in [-0.3, -0.25) is 0 Å². The molecular weight excluding hydrogens is 263 g/mol. The summed E-state index contributed by atoms with van der Waals surface area (Å²) in [6.45, 7) is 5.76. The first-order valence-corrected chi connectivity index (χ1v) is 6.15. The van der Waals surface area contributed by atoms with E-state index >= 15 is 0 Å². The minimum Gasteiger partial charge on any atom is -0.444 e. The second-order valence-corrected chi connectivity index (χ2v) is 5.98. The number of hydrogen-bond acceptors (Lipinski definition) is 3. The van der Waals surface area contributed by atoms with Gasteiger partial charge in [-0.05, 0) is 40.5 Å². The van der Waals surface area contributed by atoms with Crippen LogP contribution in [0.3, 0.4) is 0 Å². The minimum atomic E-state index is -4.79. The van der Waals surface area contributed by atoms with Crippen LogP contribution in [-0.4, -0.2) is 46.1 Å². The molecule has 0 bridgehead atoms. The van der Waals surface area contributed by atoms with Gasteiger partial charge in [0.25, 0.3) is 0 Å². The van der Waals surface area contributed by atoms with Crippen molar-refractivity contribution in [1.29, 1.82) is 0 Å². The quantitative estimate of drug-likeness (QED) is 0.805. The molecule has 1 heterocycles. The molecule has 1 rings (SSSR count). The molecule has 19 heavy (non-hydrogen) atoms. The maximum Gasteiger partial charge on any atom is 0.418 e. The third kappa shape index (κ3) is 3.52. The van der Waals surface area contributed by atoms with Gasteiger partial charge < -0.3 is 14.7 Å². The van der Waals surface area contributed by atoms with Crippen LogP contribution >= 0.6 is 0 Å². The Kier molecular flexibility index (Phi) is 4.10. The average molecular weight is 283 g/mol. The van der Waals surface area contributed by atoms with Gasteiger partial charge >= 0.3 is 12.3 Å². The summed E-state index contributed by atoms with van der Waals surface area (Å²) >= 11 is 0. The van der Waals surface area contributed by atoms with E-state index < -0.39 is 29.5 Å². The van der Waals surface area contributed by atoms with Crippen molar-refractivity contribution < 1.29 is 27.8 Å². The maximum absolute atomic E-state index is 12.8. The molecule has 0 aromatic rings. The lowest BCUT2D eigenvalue weighted by Crippen LogP contribution is -2.58. The Morgan fingerprint density at radius 1 is 1.26 bits per heavy atom. The zero-order valence-corrected chi connectivity index (χ0v) is 11.5. The second-order valence-electron chi connectivity index (χ2n) is 5.98. The van der Waals surface area contributed by atoms with E-state index in [9.17, 15) is 23.1 Å². The van der Waals surface area contributed by atoms with Crippen molar-refractivity contribution in [2.24, 2.45) is 0 Å². The third-order valence-electron chi connectivity index (χ3n) is 3.10. The highest BCUT2D eigenvalue weighted by atomic mass is 19.4. The van der Waals surface area contributed by atoms with Crippen molar-refractivity contribution in [3.8, 4) is 0 Å². The largest absolute Gasteiger partial charge is 0.444 e. The van der Waals surface area contributed by atoms with E-state index in [1.807, 2.05) is 0 Å². The van der Waals surface area contributed by atoms with Gasteiger partial charge in [-0.15, -0.1) is 0 Å². The van der Waals surface area contributed by atoms with E-state index in [0.717, 1.165) is 4.90 Å². The number of hydrogen-bond donors (Lipinski definition) is 1. The SMILES string of the molecule is CC(C)(C)OC(=O)N1CCC[C@H]1[C@@](C)(O)C(F)(F)F. The fourth-order valence-corrected chi connectivity index (χ4v) is 2.08. The number of halogens is 3. The molecule has 0 unspecified atom stereocenters. The van der Waals surface area contributed by atoms with Crippen LogP contribution in [0.1, 0.15) is 40.5 Å². The van der Waals surface area contributed by atoms with Crippen LogP contribution in [0.4, 0.5) is 18.0 Å². The normalized spacial score (nSPS) is 24.2. The van der Waals surface area contributed by atoms with E-state index in [1.54, 1.807) is 20.8 Å². The van der Waals surface area contributed by atoms with E-state index in [2.05, 4.69) is 0 Å². The molecule has 1 amide bonds. The molecule has 0 spiro atoms. The zero-order chi connectivity index (χ0) is 15.1. The molecule has 2 atom stereocenters. The molecule has 4 nitrogen and oxygen atoms in total. The number of nitrogens with zero attached hydrogens (tertiary/aromatic N) is 1. The van der Waals surface area contributed by atoms with Crippen LogP contribution in [0, 0.1) is 0 Å². The van der Waals surface area contributed by atoms with Crippen LogP contribution in [0.15, 0.2) is 0 Å². The topological polar surface area (TPSA) is 49.8 Å². The number of rotatable bonds is 1. The molecule has 1 aliphatic rings. The Balaban J connectivity index is 2.89. The highest BCUT2D eigenvalue weighted by Gasteiger charge is 2.58. The molecule has 1 fully saturated rings. The first-order valence-electron chi connectivity index (χ1n) is 6.15. The van der Waals surface area contributed by atoms with Gasteiger partial charge in [0.1, 0.15) is 5.60 Å². The number of amides is 1. The molecular formula is C12H20F3NO3. The fraction of sp³-hybridized carbons (Fsp3) is 0.917. The maximum atomic E-state index is 12.8. The fourth-order valence-electron chi connectivity index (χ4n) is 2.08. The monoisotopic (exact) mass is 283 g/mol. The lowest BCUT2D eigenvalue weighted by molar-refractivity contribution is -0.269. The van der Waals surface area contributed by atoms with Gasteiger partial charge in [0.2, 0.25) is 0 Å². The van der Waals surface area contributed by atoms with Gasteiger partial charge in [0, 0.05) is 6.54 Å². The molecule has 1 aliphatic heterocycles. The summed E-state index contributed by atoms with van der Waals surface area (Å²) in [6.07, 6.45) is -5.09. The van der Waals surface area contributed by atoms with Gasteiger partial charge in [-0.1, -0.05) is 0 Å². The van der Waals surface area contributed by atoms with Crippen LogP contribution in [-0.2, 0) is 4.74 Å². The van der Waals surface area contributed by atoms with Gasteiger partial charge in [0.05, 0.1) is 6.04 Å². The molecule has 0 saturated carbocycles. The average Bonchev–Trinajstić information content (AvgIpc) is 2.60. The second kappa shape index (κ2) is 4.85. The Morgan fingerprint density at radius 3 is 2.21 bits per heavy atom. The van der Waals surface area contributed by atoms with Crippen LogP contribution in [0.2, 0.25) is 0 Å². The summed E-state index contributed by atoms with van der Waals surface area (Å²) in [5.74, 6) is 0. The number of aliphatic hydroxyl groups is 1. The number of ether oxygens (including phenoxy) is 1. The first kappa shape index (κ1) is 16.1. The number of alkyl halides is 3. The molecule has 1 saturated heterocycles. The highest BCUT2D eigenvalue weighted by Crippen LogP contribution is 2.39. The van der Waals surface area contributed by atoms with E-state index in [0.29, 0.717) is 13.3 Å². The first-order chi connectivity index (χ1) is 8.36. The number of likely N-dealkylation sites (tertiary alicyclic amines) is 1. The molecule has 0 aromatic heterocycles. The minimum absolute atomic E-state index is 0.103. The predicted octanol–water partition coefficient (Wildman–Crippen LogP) is 2.70. The van der Waals surface area contributed by atoms with E-state index in [-0.39, 0.29) is 13.0 Å². The van der Waals surface area contributed by atoms with Crippen molar-refractivity contribution in [3.63, 3.8) is 0 Å². The Hall–Kier alpha value is -0.980. The van der Waals surface area contributed by atoms with Crippen molar-refractivity contribution >= 4 is 6.09 Å². The summed E-state index contributed by atoms with van der Waals surface area (Å²) in [4.78, 5) is 12.8. The Bertz CT molecular complexity index is 347. The smallest absolute Gasteiger partial charge is 0.418 e. The van der Waals surface area contributed by atoms with E-state index in [4.69, 9.17) is 4.74 Å². The Morgan fingerprint density at radius 2 is 1.79 bits per heavy atom. The third-order valence-corrected chi connectivity index (χ3v) is 3.10. The molecule has 0 aliphatic carbocycles. The van der Waals surface area contributed by atoms with Crippen LogP contribution in [0.25, 0.3) is 0 Å². The Labute approximate surface area is 110 Å². The van der Waals surface area contributed by atoms with Crippen molar-refractivity contribution in [2.45, 2.75) is 64.0 Å². The van der Waals surface area contributed by atoms with Gasteiger partial charge in [-0.2, -0.15) is 13.2 Å². The van der Waals surface area contributed by atoms with Crippen LogP contribution in [0.5, 0.6) is 0 Å². The summed E-state index contributed by atoms with van der Waals surface area (Å²) in [6, 6.07) is -1.30. The molecule has 0 aromatic carbocycles. The number of carbonyl (C=O) groups excluding carboxylic acids is 1. The molecule has 1 N–H and O–H groups in total. The van der Waals surface area contributed by atoms with Crippen molar-refractivity contribution in [2.75, 3.05) is 6.54 Å². The number of carbonyl (C=O) groups is 1. The van der Waals surface area contributed by atoms with Crippen molar-refractivity contribution in [1.82, 2.24) is 4.90 Å². The highest BCUT2D eigenvalue weighted by molar-refractivity contribution is 5.69. The molecule has 112 valence electrons. The lowest BCUT2D eigenvalue weighted by atomic mass is 9.94. The summed E-state index contributed by atoms with van der Waals surface area (Å²) in [7, 11) is 0. The van der Waals surface area contributed by atoms with Crippen LogP contribution < -0.4 is 0 Å². The van der Waals surface area contributed by atoms with Crippen molar-refractivity contribution in [3.05, 3.63) is 0 Å². The standard InChI is InChI=1S/C12H20F3NO3/c1-10(2,3)19-9(17)16-7-5-6-8(16)11(4,18)12(13,14)15/h8,18H,5-7H2,1-4H3/t8-,11+/m0/s1. The van der Waals surface area contributed by atoms with Gasteiger partial charge in [-0.25, -0.2) is 4.79 Å². The lowest BCUT2D eigenvalue weighted by Gasteiger charge is -2.38.